The van der Waals surface area contributed by atoms with Crippen molar-refractivity contribution >= 4 is 17.5 Å². The quantitative estimate of drug-likeness (QED) is 0.472. The molecule has 0 aromatic heterocycles. The van der Waals surface area contributed by atoms with Crippen molar-refractivity contribution in [3.8, 4) is 5.75 Å². The number of nitrogens with zero attached hydrogens (tertiary/aromatic N) is 3. The zero-order valence-corrected chi connectivity index (χ0v) is 21.7. The van der Waals surface area contributed by atoms with Crippen molar-refractivity contribution in [2.24, 2.45) is 0 Å². The van der Waals surface area contributed by atoms with E-state index in [2.05, 4.69) is 4.90 Å². The number of ether oxygens (including phenoxy) is 2. The molecule has 0 saturated carbocycles. The summed E-state index contributed by atoms with van der Waals surface area (Å²) in [7, 11) is 3.24. The third kappa shape index (κ3) is 4.84. The van der Waals surface area contributed by atoms with Gasteiger partial charge in [-0.05, 0) is 41.5 Å². The molecular formula is C30H32FN3O4. The van der Waals surface area contributed by atoms with E-state index in [0.29, 0.717) is 50.5 Å². The van der Waals surface area contributed by atoms with Gasteiger partial charge in [-0.1, -0.05) is 42.5 Å². The SMILES string of the molecule is COCCN1C(=O)c2ccccc2C(C(=O)N2CCN(c3ccccc3OC)CC2)C1c1ccc(F)cc1. The Morgan fingerprint density at radius 3 is 2.32 bits per heavy atom. The second-order valence-corrected chi connectivity index (χ2v) is 9.54. The van der Waals surface area contributed by atoms with Gasteiger partial charge in [-0.15, -0.1) is 0 Å². The van der Waals surface area contributed by atoms with Crippen LogP contribution in [-0.4, -0.2) is 75.2 Å². The summed E-state index contributed by atoms with van der Waals surface area (Å²) < 4.78 is 24.7. The van der Waals surface area contributed by atoms with Crippen molar-refractivity contribution in [3.05, 3.63) is 95.3 Å². The van der Waals surface area contributed by atoms with E-state index in [9.17, 15) is 14.0 Å². The molecule has 2 heterocycles. The predicted octanol–water partition coefficient (Wildman–Crippen LogP) is 4.11. The molecule has 2 aliphatic heterocycles. The molecule has 0 bridgehead atoms. The Bertz CT molecular complexity index is 1290. The third-order valence-electron chi connectivity index (χ3n) is 7.47. The van der Waals surface area contributed by atoms with Gasteiger partial charge < -0.3 is 24.2 Å². The second-order valence-electron chi connectivity index (χ2n) is 9.54. The van der Waals surface area contributed by atoms with E-state index >= 15 is 0 Å². The number of hydrogen-bond acceptors (Lipinski definition) is 5. The summed E-state index contributed by atoms with van der Waals surface area (Å²) in [6.45, 7) is 3.04. The molecule has 0 N–H and O–H groups in total. The van der Waals surface area contributed by atoms with Crippen molar-refractivity contribution in [3.63, 3.8) is 0 Å². The average Bonchev–Trinajstić information content (AvgIpc) is 2.97. The molecule has 1 saturated heterocycles. The van der Waals surface area contributed by atoms with Crippen LogP contribution in [0, 0.1) is 5.82 Å². The van der Waals surface area contributed by atoms with Gasteiger partial charge in [0.1, 0.15) is 11.6 Å². The minimum Gasteiger partial charge on any atom is -0.495 e. The Morgan fingerprint density at radius 2 is 1.61 bits per heavy atom. The second kappa shape index (κ2) is 11.2. The summed E-state index contributed by atoms with van der Waals surface area (Å²) in [6.07, 6.45) is 0. The topological polar surface area (TPSA) is 62.3 Å². The molecular weight excluding hydrogens is 485 g/mol. The number of hydrogen-bond donors (Lipinski definition) is 0. The molecule has 2 atom stereocenters. The minimum atomic E-state index is -0.621. The van der Waals surface area contributed by atoms with E-state index in [-0.39, 0.29) is 17.6 Å². The van der Waals surface area contributed by atoms with Crippen LogP contribution in [-0.2, 0) is 9.53 Å². The Hall–Kier alpha value is -3.91. The zero-order chi connectivity index (χ0) is 26.6. The van der Waals surface area contributed by atoms with E-state index in [1.807, 2.05) is 47.4 Å². The Labute approximate surface area is 222 Å². The van der Waals surface area contributed by atoms with Gasteiger partial charge in [0.25, 0.3) is 5.91 Å². The fraction of sp³-hybridized carbons (Fsp3) is 0.333. The van der Waals surface area contributed by atoms with Gasteiger partial charge in [-0.2, -0.15) is 0 Å². The Kier molecular flexibility index (Phi) is 7.60. The molecule has 5 rings (SSSR count). The first kappa shape index (κ1) is 25.7. The molecule has 0 aliphatic carbocycles. The van der Waals surface area contributed by atoms with Gasteiger partial charge in [-0.25, -0.2) is 4.39 Å². The van der Waals surface area contributed by atoms with Crippen LogP contribution < -0.4 is 9.64 Å². The Balaban J connectivity index is 1.48. The van der Waals surface area contributed by atoms with Gasteiger partial charge in [0.05, 0.1) is 31.4 Å². The maximum absolute atomic E-state index is 14.3. The third-order valence-corrected chi connectivity index (χ3v) is 7.47. The minimum absolute atomic E-state index is 0.0404. The fourth-order valence-electron chi connectivity index (χ4n) is 5.58. The summed E-state index contributed by atoms with van der Waals surface area (Å²) in [5.41, 5.74) is 2.95. The van der Waals surface area contributed by atoms with Crippen LogP contribution in [0.4, 0.5) is 10.1 Å². The normalized spacial score (nSPS) is 19.3. The van der Waals surface area contributed by atoms with E-state index in [4.69, 9.17) is 9.47 Å². The van der Waals surface area contributed by atoms with Gasteiger partial charge in [0.2, 0.25) is 5.91 Å². The highest BCUT2D eigenvalue weighted by Crippen LogP contribution is 2.44. The number of halogens is 1. The maximum Gasteiger partial charge on any atom is 0.254 e. The molecule has 3 aromatic rings. The predicted molar refractivity (Wildman–Crippen MR) is 143 cm³/mol. The lowest BCUT2D eigenvalue weighted by atomic mass is 9.78. The molecule has 7 nitrogen and oxygen atoms in total. The number of rotatable bonds is 7. The maximum atomic E-state index is 14.3. The summed E-state index contributed by atoms with van der Waals surface area (Å²) in [4.78, 5) is 33.7. The first-order valence-corrected chi connectivity index (χ1v) is 12.8. The number of methoxy groups -OCH3 is 2. The lowest BCUT2D eigenvalue weighted by molar-refractivity contribution is -0.135. The summed E-state index contributed by atoms with van der Waals surface area (Å²) in [6, 6.07) is 20.7. The molecule has 38 heavy (non-hydrogen) atoms. The molecule has 1 fully saturated rings. The largest absolute Gasteiger partial charge is 0.495 e. The lowest BCUT2D eigenvalue weighted by Crippen LogP contribution is -2.53. The average molecular weight is 518 g/mol. The number of carbonyl (C=O) groups is 2. The van der Waals surface area contributed by atoms with Crippen molar-refractivity contribution < 1.29 is 23.5 Å². The van der Waals surface area contributed by atoms with Gasteiger partial charge in [-0.3, -0.25) is 9.59 Å². The molecule has 0 radical (unpaired) electrons. The number of fused-ring (bicyclic) bond motifs is 1. The van der Waals surface area contributed by atoms with Crippen LogP contribution in [0.5, 0.6) is 5.75 Å². The van der Waals surface area contributed by atoms with Crippen molar-refractivity contribution in [2.45, 2.75) is 12.0 Å². The van der Waals surface area contributed by atoms with Crippen molar-refractivity contribution in [2.75, 3.05) is 58.5 Å². The van der Waals surface area contributed by atoms with Crippen LogP contribution in [0.2, 0.25) is 0 Å². The number of benzene rings is 3. The number of anilines is 1. The standard InChI is InChI=1S/C30H32FN3O4/c1-37-20-19-34-28(21-11-13-22(31)14-12-21)27(23-7-3-4-8-24(23)29(34)35)30(36)33-17-15-32(16-18-33)25-9-5-6-10-26(25)38-2/h3-14,27-28H,15-20H2,1-2H3. The van der Waals surface area contributed by atoms with E-state index < -0.39 is 12.0 Å². The first-order chi connectivity index (χ1) is 18.5. The number of para-hydroxylation sites is 2. The summed E-state index contributed by atoms with van der Waals surface area (Å²) >= 11 is 0. The number of amides is 2. The highest BCUT2D eigenvalue weighted by atomic mass is 19.1. The highest BCUT2D eigenvalue weighted by Gasteiger charge is 2.45. The summed E-state index contributed by atoms with van der Waals surface area (Å²) in [5, 5.41) is 0. The van der Waals surface area contributed by atoms with Crippen molar-refractivity contribution in [1.82, 2.24) is 9.80 Å². The Morgan fingerprint density at radius 1 is 0.921 bits per heavy atom. The lowest BCUT2D eigenvalue weighted by Gasteiger charge is -2.44. The smallest absolute Gasteiger partial charge is 0.254 e. The van der Waals surface area contributed by atoms with Gasteiger partial charge >= 0.3 is 0 Å². The van der Waals surface area contributed by atoms with Crippen LogP contribution in [0.3, 0.4) is 0 Å². The zero-order valence-electron chi connectivity index (χ0n) is 21.7. The van der Waals surface area contributed by atoms with Crippen LogP contribution in [0.15, 0.2) is 72.8 Å². The van der Waals surface area contributed by atoms with E-state index in [0.717, 1.165) is 17.0 Å². The molecule has 2 unspecified atom stereocenters. The molecule has 3 aromatic carbocycles. The van der Waals surface area contributed by atoms with Gasteiger partial charge in [0.15, 0.2) is 0 Å². The number of carbonyl (C=O) groups excluding carboxylic acids is 2. The molecule has 0 spiro atoms. The molecule has 8 heteroatoms. The van der Waals surface area contributed by atoms with Crippen LogP contribution in [0.1, 0.15) is 33.4 Å². The molecule has 2 aliphatic rings. The van der Waals surface area contributed by atoms with E-state index in [1.54, 1.807) is 37.3 Å². The highest BCUT2D eigenvalue weighted by molar-refractivity contribution is 6.01. The first-order valence-electron chi connectivity index (χ1n) is 12.8. The monoisotopic (exact) mass is 517 g/mol. The van der Waals surface area contributed by atoms with Crippen molar-refractivity contribution in [1.29, 1.82) is 0 Å². The van der Waals surface area contributed by atoms with Crippen LogP contribution in [0.25, 0.3) is 0 Å². The molecule has 2 amide bonds. The molecule has 198 valence electrons. The van der Waals surface area contributed by atoms with E-state index in [1.165, 1.54) is 12.1 Å². The van der Waals surface area contributed by atoms with Gasteiger partial charge in [0, 0.05) is 45.4 Å². The fourth-order valence-corrected chi connectivity index (χ4v) is 5.58. The summed E-state index contributed by atoms with van der Waals surface area (Å²) in [5.74, 6) is -0.380. The van der Waals surface area contributed by atoms with Crippen LogP contribution >= 0.6 is 0 Å². The number of piperazine rings is 1.